The van der Waals surface area contributed by atoms with Crippen molar-refractivity contribution in [3.63, 3.8) is 0 Å². The molecular weight excluding hydrogens is 274 g/mol. The SMILES string of the molecule is C#CC1CC(=O)N(c2sc(C)c(C)c2C(=O)OCC)C1. The van der Waals surface area contributed by atoms with Crippen molar-refractivity contribution in [3.8, 4) is 12.3 Å². The van der Waals surface area contributed by atoms with Crippen molar-refractivity contribution in [2.45, 2.75) is 27.2 Å². The van der Waals surface area contributed by atoms with Gasteiger partial charge in [0.2, 0.25) is 5.91 Å². The van der Waals surface area contributed by atoms with E-state index in [0.29, 0.717) is 30.1 Å². The number of carbonyl (C=O) groups excluding carboxylic acids is 2. The summed E-state index contributed by atoms with van der Waals surface area (Å²) in [5.74, 6) is 2.13. The Hall–Kier alpha value is -1.80. The third-order valence-corrected chi connectivity index (χ3v) is 4.68. The Kier molecular flexibility index (Phi) is 4.15. The molecule has 1 saturated heterocycles. The number of carbonyl (C=O) groups is 2. The number of anilines is 1. The second kappa shape index (κ2) is 5.68. The predicted octanol–water partition coefficient (Wildman–Crippen LogP) is 2.53. The second-order valence-electron chi connectivity index (χ2n) is 4.76. The molecule has 1 unspecified atom stereocenters. The van der Waals surface area contributed by atoms with Crippen molar-refractivity contribution in [2.75, 3.05) is 18.1 Å². The zero-order valence-electron chi connectivity index (χ0n) is 11.9. The Balaban J connectivity index is 2.42. The maximum atomic E-state index is 12.1. The highest BCUT2D eigenvalue weighted by molar-refractivity contribution is 7.16. The molecule has 0 aliphatic carbocycles. The highest BCUT2D eigenvalue weighted by Crippen LogP contribution is 2.38. The zero-order valence-corrected chi connectivity index (χ0v) is 12.7. The summed E-state index contributed by atoms with van der Waals surface area (Å²) in [5.41, 5.74) is 1.38. The summed E-state index contributed by atoms with van der Waals surface area (Å²) in [7, 11) is 0. The Morgan fingerprint density at radius 2 is 2.25 bits per heavy atom. The Labute approximate surface area is 122 Å². The lowest BCUT2D eigenvalue weighted by Gasteiger charge is -2.15. The number of terminal acetylenes is 1. The fraction of sp³-hybridized carbons (Fsp3) is 0.467. The molecule has 0 N–H and O–H groups in total. The molecule has 2 rings (SSSR count). The number of esters is 1. The first-order valence-corrected chi connectivity index (χ1v) is 7.34. The lowest BCUT2D eigenvalue weighted by atomic mass is 10.1. The number of thiophene rings is 1. The van der Waals surface area contributed by atoms with Crippen LogP contribution in [0.5, 0.6) is 0 Å². The molecule has 1 aliphatic rings. The largest absolute Gasteiger partial charge is 0.462 e. The van der Waals surface area contributed by atoms with E-state index < -0.39 is 0 Å². The van der Waals surface area contributed by atoms with Gasteiger partial charge >= 0.3 is 5.97 Å². The standard InChI is InChI=1S/C15H17NO3S/c1-5-11-7-12(17)16(8-11)14-13(15(18)19-6-2)9(3)10(4)20-14/h1,11H,6-8H2,2-4H3. The highest BCUT2D eigenvalue weighted by atomic mass is 32.1. The summed E-state index contributed by atoms with van der Waals surface area (Å²) in [6.07, 6.45) is 5.74. The first-order valence-electron chi connectivity index (χ1n) is 6.53. The van der Waals surface area contributed by atoms with Gasteiger partial charge in [-0.2, -0.15) is 0 Å². The fourth-order valence-electron chi connectivity index (χ4n) is 2.26. The van der Waals surface area contributed by atoms with Gasteiger partial charge in [-0.3, -0.25) is 4.79 Å². The van der Waals surface area contributed by atoms with Crippen molar-refractivity contribution in [2.24, 2.45) is 5.92 Å². The smallest absolute Gasteiger partial charge is 0.341 e. The number of hydrogen-bond acceptors (Lipinski definition) is 4. The molecule has 0 saturated carbocycles. The van der Waals surface area contributed by atoms with Crippen LogP contribution in [0.25, 0.3) is 0 Å². The third kappa shape index (κ3) is 2.44. The molecule has 20 heavy (non-hydrogen) atoms. The van der Waals surface area contributed by atoms with Crippen LogP contribution in [-0.2, 0) is 9.53 Å². The number of rotatable bonds is 3. The molecule has 1 aromatic heterocycles. The molecule has 106 valence electrons. The molecule has 0 bridgehead atoms. The first-order chi connectivity index (χ1) is 9.49. The molecule has 1 aliphatic heterocycles. The van der Waals surface area contributed by atoms with Crippen LogP contribution in [0.1, 0.15) is 34.1 Å². The molecule has 5 heteroatoms. The van der Waals surface area contributed by atoms with Crippen molar-refractivity contribution in [3.05, 3.63) is 16.0 Å². The maximum absolute atomic E-state index is 12.1. The topological polar surface area (TPSA) is 46.6 Å². The van der Waals surface area contributed by atoms with Crippen LogP contribution < -0.4 is 4.90 Å². The van der Waals surface area contributed by atoms with Crippen molar-refractivity contribution in [1.82, 2.24) is 0 Å². The fourth-order valence-corrected chi connectivity index (χ4v) is 3.43. The van der Waals surface area contributed by atoms with Crippen LogP contribution in [-0.4, -0.2) is 25.0 Å². The Morgan fingerprint density at radius 1 is 1.55 bits per heavy atom. The number of aryl methyl sites for hydroxylation is 1. The molecule has 1 amide bonds. The van der Waals surface area contributed by atoms with Crippen molar-refractivity contribution < 1.29 is 14.3 Å². The van der Waals surface area contributed by atoms with Crippen LogP contribution in [0.15, 0.2) is 0 Å². The maximum Gasteiger partial charge on any atom is 0.341 e. The van der Waals surface area contributed by atoms with Crippen LogP contribution >= 0.6 is 11.3 Å². The minimum absolute atomic E-state index is 0.0280. The Bertz CT molecular complexity index is 597. The van der Waals surface area contributed by atoms with E-state index in [0.717, 1.165) is 10.4 Å². The van der Waals surface area contributed by atoms with E-state index in [1.807, 2.05) is 13.8 Å². The van der Waals surface area contributed by atoms with E-state index in [1.54, 1.807) is 11.8 Å². The number of ether oxygens (including phenoxy) is 1. The zero-order chi connectivity index (χ0) is 14.9. The highest BCUT2D eigenvalue weighted by Gasteiger charge is 2.34. The van der Waals surface area contributed by atoms with E-state index in [9.17, 15) is 9.59 Å². The molecule has 1 fully saturated rings. The minimum atomic E-state index is -0.374. The summed E-state index contributed by atoms with van der Waals surface area (Å²) >= 11 is 1.44. The van der Waals surface area contributed by atoms with Gasteiger partial charge in [0.1, 0.15) is 5.00 Å². The van der Waals surface area contributed by atoms with E-state index in [1.165, 1.54) is 11.3 Å². The normalized spacial score (nSPS) is 18.2. The van der Waals surface area contributed by atoms with Crippen LogP contribution in [0.2, 0.25) is 0 Å². The van der Waals surface area contributed by atoms with Gasteiger partial charge in [0, 0.05) is 23.8 Å². The monoisotopic (exact) mass is 291 g/mol. The number of nitrogens with zero attached hydrogens (tertiary/aromatic N) is 1. The average Bonchev–Trinajstić information content (AvgIpc) is 2.91. The van der Waals surface area contributed by atoms with Crippen molar-refractivity contribution in [1.29, 1.82) is 0 Å². The molecule has 0 radical (unpaired) electrons. The molecule has 1 atom stereocenters. The van der Waals surface area contributed by atoms with E-state index in [-0.39, 0.29) is 17.8 Å². The molecule has 2 heterocycles. The average molecular weight is 291 g/mol. The van der Waals surface area contributed by atoms with E-state index >= 15 is 0 Å². The Morgan fingerprint density at radius 3 is 2.80 bits per heavy atom. The molecule has 4 nitrogen and oxygen atoms in total. The van der Waals surface area contributed by atoms with Gasteiger partial charge in [0.05, 0.1) is 12.2 Å². The van der Waals surface area contributed by atoms with Gasteiger partial charge in [-0.25, -0.2) is 4.79 Å². The van der Waals surface area contributed by atoms with Gasteiger partial charge in [-0.05, 0) is 26.3 Å². The summed E-state index contributed by atoms with van der Waals surface area (Å²) < 4.78 is 5.10. The molecule has 0 aromatic carbocycles. The first kappa shape index (κ1) is 14.6. The number of amides is 1. The predicted molar refractivity (Wildman–Crippen MR) is 79.0 cm³/mol. The second-order valence-corrected chi connectivity index (χ2v) is 5.96. The van der Waals surface area contributed by atoms with Gasteiger partial charge in [-0.1, -0.05) is 0 Å². The van der Waals surface area contributed by atoms with Crippen LogP contribution in [0, 0.1) is 32.1 Å². The summed E-state index contributed by atoms with van der Waals surface area (Å²) in [6.45, 7) is 6.36. The van der Waals surface area contributed by atoms with Crippen LogP contribution in [0.4, 0.5) is 5.00 Å². The van der Waals surface area contributed by atoms with Gasteiger partial charge in [0.25, 0.3) is 0 Å². The number of hydrogen-bond donors (Lipinski definition) is 0. The summed E-state index contributed by atoms with van der Waals surface area (Å²) in [4.78, 5) is 26.8. The van der Waals surface area contributed by atoms with Gasteiger partial charge in [-0.15, -0.1) is 23.7 Å². The quantitative estimate of drug-likeness (QED) is 0.635. The minimum Gasteiger partial charge on any atom is -0.462 e. The third-order valence-electron chi connectivity index (χ3n) is 3.45. The summed E-state index contributed by atoms with van der Waals surface area (Å²) in [5, 5.41) is 0.668. The van der Waals surface area contributed by atoms with Crippen molar-refractivity contribution >= 4 is 28.2 Å². The van der Waals surface area contributed by atoms with E-state index in [2.05, 4.69) is 5.92 Å². The van der Waals surface area contributed by atoms with E-state index in [4.69, 9.17) is 11.2 Å². The molecular formula is C15H17NO3S. The lowest BCUT2D eigenvalue weighted by Crippen LogP contribution is -2.25. The molecule has 1 aromatic rings. The molecule has 0 spiro atoms. The lowest BCUT2D eigenvalue weighted by molar-refractivity contribution is -0.117. The van der Waals surface area contributed by atoms with Crippen LogP contribution in [0.3, 0.4) is 0 Å². The van der Waals surface area contributed by atoms with Gasteiger partial charge in [0.15, 0.2) is 0 Å². The van der Waals surface area contributed by atoms with Gasteiger partial charge < -0.3 is 9.64 Å². The summed E-state index contributed by atoms with van der Waals surface area (Å²) in [6, 6.07) is 0.